The quantitative estimate of drug-likeness (QED) is 0.552. The molecule has 17 heavy (non-hydrogen) atoms. The predicted molar refractivity (Wildman–Crippen MR) is 68.6 cm³/mol. The Bertz CT molecular complexity index is 421. The molecule has 0 fully saturated rings. The molecule has 0 atom stereocenters. The number of rotatable bonds is 4. The van der Waals surface area contributed by atoms with Crippen molar-refractivity contribution in [2.24, 2.45) is 0 Å². The van der Waals surface area contributed by atoms with Gasteiger partial charge in [-0.1, -0.05) is 22.0 Å². The number of ketones is 1. The van der Waals surface area contributed by atoms with Crippen LogP contribution < -0.4 is 0 Å². The van der Waals surface area contributed by atoms with Crippen LogP contribution >= 0.6 is 43.6 Å². The first kappa shape index (κ1) is 15.0. The predicted octanol–water partition coefficient (Wildman–Crippen LogP) is 4.57. The monoisotopic (exact) mass is 390 g/mol. The van der Waals surface area contributed by atoms with Crippen molar-refractivity contribution in [3.8, 4) is 0 Å². The molecule has 1 aromatic rings. The van der Waals surface area contributed by atoms with Crippen molar-refractivity contribution in [3.63, 3.8) is 0 Å². The van der Waals surface area contributed by atoms with Crippen molar-refractivity contribution < 1.29 is 18.0 Å². The number of halogens is 5. The zero-order valence-corrected chi connectivity index (χ0v) is 12.3. The fourth-order valence-corrected chi connectivity index (χ4v) is 2.55. The second-order valence-corrected chi connectivity index (χ2v) is 5.68. The molecule has 0 radical (unpaired) electrons. The van der Waals surface area contributed by atoms with Gasteiger partial charge in [-0.05, 0) is 45.4 Å². The van der Waals surface area contributed by atoms with E-state index in [0.29, 0.717) is 10.0 Å². The van der Waals surface area contributed by atoms with Gasteiger partial charge in [0.25, 0.3) is 0 Å². The molecule has 0 saturated carbocycles. The van der Waals surface area contributed by atoms with Crippen molar-refractivity contribution in [2.75, 3.05) is 5.33 Å². The molecule has 0 saturated heterocycles. The van der Waals surface area contributed by atoms with Gasteiger partial charge in [-0.25, -0.2) is 0 Å². The normalized spacial score (nSPS) is 11.6. The van der Waals surface area contributed by atoms with E-state index in [1.54, 1.807) is 0 Å². The van der Waals surface area contributed by atoms with E-state index >= 15 is 0 Å². The van der Waals surface area contributed by atoms with Crippen molar-refractivity contribution in [2.45, 2.75) is 16.8 Å². The van der Waals surface area contributed by atoms with E-state index in [-0.39, 0.29) is 34.2 Å². The lowest BCUT2D eigenvalue weighted by atomic mass is 10.1. The molecule has 7 heteroatoms. The zero-order chi connectivity index (χ0) is 13.1. The summed E-state index contributed by atoms with van der Waals surface area (Å²) in [5.74, 6) is -0.0203. The minimum absolute atomic E-state index is 0.0203. The molecule has 0 amide bonds. The Kier molecular flexibility index (Phi) is 5.53. The Balaban J connectivity index is 2.83. The van der Waals surface area contributed by atoms with E-state index < -0.39 is 5.51 Å². The van der Waals surface area contributed by atoms with E-state index in [1.807, 2.05) is 0 Å². The maximum atomic E-state index is 12.2. The maximum absolute atomic E-state index is 12.2. The third-order valence-electron chi connectivity index (χ3n) is 1.77. The number of carbonyl (C=O) groups is 1. The van der Waals surface area contributed by atoms with Crippen LogP contribution in [0.4, 0.5) is 13.2 Å². The molecule has 94 valence electrons. The smallest absolute Gasteiger partial charge is 0.298 e. The Labute approximate surface area is 117 Å². The van der Waals surface area contributed by atoms with Gasteiger partial charge in [-0.2, -0.15) is 13.2 Å². The summed E-state index contributed by atoms with van der Waals surface area (Å²) in [4.78, 5) is 11.2. The molecule has 0 heterocycles. The molecule has 1 rings (SSSR count). The fourth-order valence-electron chi connectivity index (χ4n) is 1.14. The Morgan fingerprint density at radius 2 is 2.00 bits per heavy atom. The molecule has 0 aliphatic carbocycles. The lowest BCUT2D eigenvalue weighted by Gasteiger charge is -2.08. The summed E-state index contributed by atoms with van der Waals surface area (Å²) in [6, 6.07) is 4.42. The molecule has 0 bridgehead atoms. The summed E-state index contributed by atoms with van der Waals surface area (Å²) in [5.41, 5.74) is -3.62. The molecular formula is C10H7Br2F3OS. The van der Waals surface area contributed by atoms with Crippen LogP contribution in [0, 0.1) is 0 Å². The molecule has 0 aliphatic heterocycles. The average Bonchev–Trinajstić information content (AvgIpc) is 2.20. The second-order valence-electron chi connectivity index (χ2n) is 3.16. The molecule has 1 aromatic carbocycles. The second kappa shape index (κ2) is 6.24. The molecule has 0 spiro atoms. The van der Waals surface area contributed by atoms with E-state index in [1.165, 1.54) is 18.2 Å². The van der Waals surface area contributed by atoms with Gasteiger partial charge >= 0.3 is 5.51 Å². The number of benzene rings is 1. The van der Waals surface area contributed by atoms with Gasteiger partial charge in [0.1, 0.15) is 5.78 Å². The van der Waals surface area contributed by atoms with Crippen LogP contribution in [-0.4, -0.2) is 16.6 Å². The SMILES string of the molecule is O=C(CBr)Cc1ccc(SC(F)(F)F)c(Br)c1. The Morgan fingerprint density at radius 1 is 1.35 bits per heavy atom. The van der Waals surface area contributed by atoms with Gasteiger partial charge in [0.2, 0.25) is 0 Å². The summed E-state index contributed by atoms with van der Waals surface area (Å²) < 4.78 is 36.9. The number of Topliss-reactive ketones (excluding diaryl/α,β-unsaturated/α-hetero) is 1. The van der Waals surface area contributed by atoms with Crippen LogP contribution in [-0.2, 0) is 11.2 Å². The fraction of sp³-hybridized carbons (Fsp3) is 0.300. The van der Waals surface area contributed by atoms with E-state index in [0.717, 1.165) is 0 Å². The zero-order valence-electron chi connectivity index (χ0n) is 8.35. The van der Waals surface area contributed by atoms with Crippen LogP contribution in [0.5, 0.6) is 0 Å². The third-order valence-corrected chi connectivity index (χ3v) is 4.12. The lowest BCUT2D eigenvalue weighted by Crippen LogP contribution is -2.04. The maximum Gasteiger partial charge on any atom is 0.446 e. The Hall–Kier alpha value is -0.0100. The van der Waals surface area contributed by atoms with Crippen LogP contribution in [0.2, 0.25) is 0 Å². The highest BCUT2D eigenvalue weighted by Crippen LogP contribution is 2.40. The van der Waals surface area contributed by atoms with E-state index in [9.17, 15) is 18.0 Å². The Morgan fingerprint density at radius 3 is 2.47 bits per heavy atom. The average molecular weight is 392 g/mol. The largest absolute Gasteiger partial charge is 0.446 e. The number of hydrogen-bond donors (Lipinski definition) is 0. The molecular weight excluding hydrogens is 385 g/mol. The van der Waals surface area contributed by atoms with Crippen LogP contribution in [0.1, 0.15) is 5.56 Å². The van der Waals surface area contributed by atoms with Crippen LogP contribution in [0.25, 0.3) is 0 Å². The van der Waals surface area contributed by atoms with Crippen molar-refractivity contribution >= 4 is 49.4 Å². The summed E-state index contributed by atoms with van der Waals surface area (Å²) >= 11 is 5.92. The third kappa shape index (κ3) is 5.44. The highest BCUT2D eigenvalue weighted by atomic mass is 79.9. The van der Waals surface area contributed by atoms with Gasteiger partial charge in [-0.3, -0.25) is 4.79 Å². The van der Waals surface area contributed by atoms with Gasteiger partial charge in [0, 0.05) is 15.8 Å². The van der Waals surface area contributed by atoms with Crippen molar-refractivity contribution in [1.29, 1.82) is 0 Å². The van der Waals surface area contributed by atoms with Crippen LogP contribution in [0.15, 0.2) is 27.6 Å². The highest BCUT2D eigenvalue weighted by Gasteiger charge is 2.30. The highest BCUT2D eigenvalue weighted by molar-refractivity contribution is 9.10. The molecule has 0 aliphatic rings. The van der Waals surface area contributed by atoms with Crippen molar-refractivity contribution in [1.82, 2.24) is 0 Å². The minimum atomic E-state index is -4.31. The topological polar surface area (TPSA) is 17.1 Å². The molecule has 0 unspecified atom stereocenters. The summed E-state index contributed by atoms with van der Waals surface area (Å²) in [7, 11) is 0. The van der Waals surface area contributed by atoms with Gasteiger partial charge in [0.15, 0.2) is 0 Å². The summed E-state index contributed by atoms with van der Waals surface area (Å²) in [6.45, 7) is 0. The van der Waals surface area contributed by atoms with Gasteiger partial charge in [-0.15, -0.1) is 0 Å². The van der Waals surface area contributed by atoms with E-state index in [4.69, 9.17) is 0 Å². The summed E-state index contributed by atoms with van der Waals surface area (Å²) in [5, 5.41) is 0.240. The standard InChI is InChI=1S/C10H7Br2F3OS/c11-5-7(16)3-6-1-2-9(8(12)4-6)17-10(13,14)15/h1-2,4H,3,5H2. The summed E-state index contributed by atoms with van der Waals surface area (Å²) in [6.07, 6.45) is 0.209. The first-order valence-corrected chi connectivity index (χ1v) is 7.17. The number of hydrogen-bond acceptors (Lipinski definition) is 2. The number of alkyl halides is 4. The number of carbonyl (C=O) groups excluding carboxylic acids is 1. The lowest BCUT2D eigenvalue weighted by molar-refractivity contribution is -0.115. The molecule has 0 N–H and O–H groups in total. The molecule has 0 aromatic heterocycles. The first-order chi connectivity index (χ1) is 7.81. The van der Waals surface area contributed by atoms with Crippen molar-refractivity contribution in [3.05, 3.63) is 28.2 Å². The number of thioether (sulfide) groups is 1. The van der Waals surface area contributed by atoms with Gasteiger partial charge in [0.05, 0.1) is 5.33 Å². The van der Waals surface area contributed by atoms with Crippen LogP contribution in [0.3, 0.4) is 0 Å². The minimum Gasteiger partial charge on any atom is -0.298 e. The molecule has 1 nitrogen and oxygen atoms in total. The van der Waals surface area contributed by atoms with E-state index in [2.05, 4.69) is 31.9 Å². The van der Waals surface area contributed by atoms with Gasteiger partial charge < -0.3 is 0 Å². The first-order valence-electron chi connectivity index (χ1n) is 4.43.